The standard InChI is InChI=1S/C13H15FN2/c1-13(2,3)8-9-7-11(14)10-5-4-6-15-12(10)16-9/h4-7H,8H2,1-3H3. The molecule has 84 valence electrons. The van der Waals surface area contributed by atoms with Crippen molar-refractivity contribution in [3.05, 3.63) is 35.9 Å². The van der Waals surface area contributed by atoms with Crippen molar-refractivity contribution < 1.29 is 4.39 Å². The molecule has 0 saturated heterocycles. The molecule has 2 aromatic rings. The maximum atomic E-state index is 13.7. The van der Waals surface area contributed by atoms with Crippen molar-refractivity contribution in [3.8, 4) is 0 Å². The molecule has 0 radical (unpaired) electrons. The lowest BCUT2D eigenvalue weighted by molar-refractivity contribution is 0.406. The zero-order chi connectivity index (χ0) is 11.8. The summed E-state index contributed by atoms with van der Waals surface area (Å²) in [4.78, 5) is 8.45. The Hall–Kier alpha value is -1.51. The van der Waals surface area contributed by atoms with E-state index in [9.17, 15) is 4.39 Å². The van der Waals surface area contributed by atoms with Crippen LogP contribution in [-0.2, 0) is 6.42 Å². The highest BCUT2D eigenvalue weighted by molar-refractivity contribution is 5.75. The Morgan fingerprint density at radius 3 is 2.75 bits per heavy atom. The average Bonchev–Trinajstić information content (AvgIpc) is 2.15. The molecule has 2 aromatic heterocycles. The van der Waals surface area contributed by atoms with Crippen LogP contribution in [0.3, 0.4) is 0 Å². The van der Waals surface area contributed by atoms with Gasteiger partial charge in [0.05, 0.1) is 5.39 Å². The molecule has 3 heteroatoms. The van der Waals surface area contributed by atoms with Gasteiger partial charge < -0.3 is 0 Å². The predicted octanol–water partition coefficient (Wildman–Crippen LogP) is 3.36. The molecule has 2 nitrogen and oxygen atoms in total. The Bertz CT molecular complexity index is 515. The Morgan fingerprint density at radius 1 is 1.31 bits per heavy atom. The molecule has 0 fully saturated rings. The molecule has 0 unspecified atom stereocenters. The van der Waals surface area contributed by atoms with Gasteiger partial charge in [-0.15, -0.1) is 0 Å². The van der Waals surface area contributed by atoms with Gasteiger partial charge in [0.2, 0.25) is 0 Å². The van der Waals surface area contributed by atoms with E-state index < -0.39 is 0 Å². The quantitative estimate of drug-likeness (QED) is 0.733. The van der Waals surface area contributed by atoms with Crippen LogP contribution in [0, 0.1) is 11.2 Å². The number of rotatable bonds is 1. The number of aromatic nitrogens is 2. The highest BCUT2D eigenvalue weighted by Gasteiger charge is 2.14. The average molecular weight is 218 g/mol. The van der Waals surface area contributed by atoms with E-state index in [4.69, 9.17) is 0 Å². The third kappa shape index (κ3) is 2.35. The Morgan fingerprint density at radius 2 is 2.06 bits per heavy atom. The summed E-state index contributed by atoms with van der Waals surface area (Å²) in [6.07, 6.45) is 2.38. The molecule has 0 aliphatic carbocycles. The van der Waals surface area contributed by atoms with E-state index in [2.05, 4.69) is 30.7 Å². The van der Waals surface area contributed by atoms with Gasteiger partial charge in [-0.3, -0.25) is 0 Å². The largest absolute Gasteiger partial charge is 0.237 e. The van der Waals surface area contributed by atoms with Gasteiger partial charge in [0.1, 0.15) is 5.82 Å². The molecule has 2 rings (SSSR count). The van der Waals surface area contributed by atoms with E-state index >= 15 is 0 Å². The molecule has 0 N–H and O–H groups in total. The third-order valence-electron chi connectivity index (χ3n) is 2.30. The van der Waals surface area contributed by atoms with Crippen LogP contribution in [0.15, 0.2) is 24.4 Å². The Labute approximate surface area is 94.5 Å². The number of halogens is 1. The Kier molecular flexibility index (Phi) is 2.62. The summed E-state index contributed by atoms with van der Waals surface area (Å²) >= 11 is 0. The van der Waals surface area contributed by atoms with Crippen molar-refractivity contribution in [1.29, 1.82) is 0 Å². The molecule has 0 spiro atoms. The summed E-state index contributed by atoms with van der Waals surface area (Å²) in [7, 11) is 0. The maximum absolute atomic E-state index is 13.7. The molecular formula is C13H15FN2. The van der Waals surface area contributed by atoms with Crippen LogP contribution >= 0.6 is 0 Å². The third-order valence-corrected chi connectivity index (χ3v) is 2.30. The van der Waals surface area contributed by atoms with Gasteiger partial charge in [0.25, 0.3) is 0 Å². The molecule has 0 bridgehead atoms. The summed E-state index contributed by atoms with van der Waals surface area (Å²) in [6, 6.07) is 4.93. The van der Waals surface area contributed by atoms with Gasteiger partial charge in [0, 0.05) is 11.9 Å². The minimum Gasteiger partial charge on any atom is -0.237 e. The number of pyridine rings is 2. The summed E-state index contributed by atoms with van der Waals surface area (Å²) in [5.41, 5.74) is 1.35. The zero-order valence-electron chi connectivity index (χ0n) is 9.79. The number of hydrogen-bond acceptors (Lipinski definition) is 2. The maximum Gasteiger partial charge on any atom is 0.162 e. The monoisotopic (exact) mass is 218 g/mol. The van der Waals surface area contributed by atoms with E-state index in [1.165, 1.54) is 6.07 Å². The van der Waals surface area contributed by atoms with E-state index in [1.807, 2.05) is 0 Å². The minimum absolute atomic E-state index is 0.0991. The molecule has 16 heavy (non-hydrogen) atoms. The van der Waals surface area contributed by atoms with Crippen molar-refractivity contribution in [1.82, 2.24) is 9.97 Å². The number of nitrogens with zero attached hydrogens (tertiary/aromatic N) is 2. The SMILES string of the molecule is CC(C)(C)Cc1cc(F)c2cccnc2n1. The van der Waals surface area contributed by atoms with Crippen LogP contribution < -0.4 is 0 Å². The fourth-order valence-corrected chi connectivity index (χ4v) is 1.70. The molecule has 0 aliphatic heterocycles. The lowest BCUT2D eigenvalue weighted by Gasteiger charge is -2.17. The fourth-order valence-electron chi connectivity index (χ4n) is 1.70. The first-order valence-corrected chi connectivity index (χ1v) is 5.36. The smallest absolute Gasteiger partial charge is 0.162 e. The topological polar surface area (TPSA) is 25.8 Å². The second-order valence-corrected chi connectivity index (χ2v) is 5.21. The van der Waals surface area contributed by atoms with Crippen molar-refractivity contribution in [2.75, 3.05) is 0 Å². The highest BCUT2D eigenvalue weighted by Crippen LogP contribution is 2.22. The van der Waals surface area contributed by atoms with Gasteiger partial charge in [-0.1, -0.05) is 20.8 Å². The van der Waals surface area contributed by atoms with Gasteiger partial charge in [-0.2, -0.15) is 0 Å². The first kappa shape index (κ1) is 11.0. The summed E-state index contributed by atoms with van der Waals surface area (Å²) in [5, 5.41) is 0.486. The van der Waals surface area contributed by atoms with E-state index in [1.54, 1.807) is 18.3 Å². The Balaban J connectivity index is 2.50. The summed E-state index contributed by atoms with van der Waals surface area (Å²) < 4.78 is 13.7. The van der Waals surface area contributed by atoms with Crippen LogP contribution in [0.25, 0.3) is 11.0 Å². The first-order chi connectivity index (χ1) is 7.46. The van der Waals surface area contributed by atoms with Crippen molar-refractivity contribution in [2.45, 2.75) is 27.2 Å². The van der Waals surface area contributed by atoms with Crippen molar-refractivity contribution >= 4 is 11.0 Å². The normalized spacial score (nSPS) is 12.0. The summed E-state index contributed by atoms with van der Waals surface area (Å²) in [5.74, 6) is -0.239. The van der Waals surface area contributed by atoms with Crippen LogP contribution in [-0.4, -0.2) is 9.97 Å². The molecule has 0 aliphatic rings. The molecule has 0 saturated carbocycles. The number of fused-ring (bicyclic) bond motifs is 1. The predicted molar refractivity (Wildman–Crippen MR) is 62.7 cm³/mol. The first-order valence-electron chi connectivity index (χ1n) is 5.36. The van der Waals surface area contributed by atoms with E-state index in [0.717, 1.165) is 12.1 Å². The van der Waals surface area contributed by atoms with Crippen LogP contribution in [0.4, 0.5) is 4.39 Å². The lowest BCUT2D eigenvalue weighted by atomic mass is 9.90. The van der Waals surface area contributed by atoms with Crippen molar-refractivity contribution in [3.63, 3.8) is 0 Å². The van der Waals surface area contributed by atoms with E-state index in [-0.39, 0.29) is 11.2 Å². The zero-order valence-corrected chi connectivity index (χ0v) is 9.79. The second kappa shape index (κ2) is 3.81. The van der Waals surface area contributed by atoms with E-state index in [0.29, 0.717) is 11.0 Å². The molecule has 0 atom stereocenters. The molecular weight excluding hydrogens is 203 g/mol. The number of hydrogen-bond donors (Lipinski definition) is 0. The molecule has 2 heterocycles. The van der Waals surface area contributed by atoms with Gasteiger partial charge >= 0.3 is 0 Å². The molecule has 0 aromatic carbocycles. The van der Waals surface area contributed by atoms with Crippen molar-refractivity contribution in [2.24, 2.45) is 5.41 Å². The second-order valence-electron chi connectivity index (χ2n) is 5.21. The van der Waals surface area contributed by atoms with Gasteiger partial charge in [0.15, 0.2) is 5.65 Å². The van der Waals surface area contributed by atoms with Crippen LogP contribution in [0.1, 0.15) is 26.5 Å². The summed E-state index contributed by atoms with van der Waals surface area (Å²) in [6.45, 7) is 6.32. The minimum atomic E-state index is -0.239. The van der Waals surface area contributed by atoms with Crippen LogP contribution in [0.2, 0.25) is 0 Å². The molecule has 0 amide bonds. The highest BCUT2D eigenvalue weighted by atomic mass is 19.1. The fraction of sp³-hybridized carbons (Fsp3) is 0.385. The van der Waals surface area contributed by atoms with Gasteiger partial charge in [-0.25, -0.2) is 14.4 Å². The van der Waals surface area contributed by atoms with Crippen LogP contribution in [0.5, 0.6) is 0 Å². The lowest BCUT2D eigenvalue weighted by Crippen LogP contribution is -2.11. The van der Waals surface area contributed by atoms with Gasteiger partial charge in [-0.05, 0) is 30.0 Å².